The normalized spacial score (nSPS) is 14.8. The second-order valence-electron chi connectivity index (χ2n) is 6.37. The van der Waals surface area contributed by atoms with Gasteiger partial charge in [0.05, 0.1) is 6.20 Å². The number of hydrogen-bond donors (Lipinski definition) is 0. The van der Waals surface area contributed by atoms with Crippen molar-refractivity contribution in [1.29, 1.82) is 0 Å². The number of carbonyl (C=O) groups excluding carboxylic acids is 1. The maximum atomic E-state index is 13.3. The van der Waals surface area contributed by atoms with Crippen LogP contribution in [-0.4, -0.2) is 15.8 Å². The molecule has 1 aliphatic carbocycles. The summed E-state index contributed by atoms with van der Waals surface area (Å²) in [5, 5.41) is 0. The average Bonchev–Trinajstić information content (AvgIpc) is 3.38. The standard InChI is InChI=1S/C20H17FN2O3/c1-12(18-11-25-20(23-18)14-3-2-4-15(21)9-14)26-16-7-8-17(22-10-16)19(24)13-5-6-13/h2-4,7-13H,5-6H2,1H3. The number of ether oxygens (including phenoxy) is 1. The van der Waals surface area contributed by atoms with Crippen LogP contribution in [0.5, 0.6) is 5.75 Å². The molecule has 6 heteroatoms. The first-order valence-corrected chi connectivity index (χ1v) is 8.48. The molecule has 1 saturated carbocycles. The Morgan fingerprint density at radius 1 is 1.31 bits per heavy atom. The SMILES string of the molecule is CC(Oc1ccc(C(=O)C2CC2)nc1)c1coc(-c2cccc(F)c2)n1. The summed E-state index contributed by atoms with van der Waals surface area (Å²) in [5.41, 5.74) is 1.62. The van der Waals surface area contributed by atoms with E-state index in [1.165, 1.54) is 18.4 Å². The van der Waals surface area contributed by atoms with Gasteiger partial charge in [-0.15, -0.1) is 0 Å². The van der Waals surface area contributed by atoms with Gasteiger partial charge in [-0.25, -0.2) is 14.4 Å². The summed E-state index contributed by atoms with van der Waals surface area (Å²) in [5.74, 6) is 0.766. The van der Waals surface area contributed by atoms with Crippen LogP contribution in [0.3, 0.4) is 0 Å². The Kier molecular flexibility index (Phi) is 4.24. The molecule has 0 N–H and O–H groups in total. The van der Waals surface area contributed by atoms with Crippen molar-refractivity contribution in [2.75, 3.05) is 0 Å². The maximum Gasteiger partial charge on any atom is 0.226 e. The highest BCUT2D eigenvalue weighted by Gasteiger charge is 2.31. The minimum Gasteiger partial charge on any atom is -0.483 e. The Labute approximate surface area is 149 Å². The van der Waals surface area contributed by atoms with Gasteiger partial charge in [-0.3, -0.25) is 4.79 Å². The minimum atomic E-state index is -0.382. The highest BCUT2D eigenvalue weighted by Crippen LogP contribution is 2.32. The number of rotatable bonds is 6. The molecule has 26 heavy (non-hydrogen) atoms. The maximum absolute atomic E-state index is 13.3. The van der Waals surface area contributed by atoms with E-state index in [1.807, 2.05) is 6.92 Å². The molecule has 0 amide bonds. The molecule has 0 spiro atoms. The van der Waals surface area contributed by atoms with E-state index in [0.717, 1.165) is 12.8 Å². The Morgan fingerprint density at radius 2 is 2.15 bits per heavy atom. The third-order valence-electron chi connectivity index (χ3n) is 4.26. The van der Waals surface area contributed by atoms with Crippen molar-refractivity contribution >= 4 is 5.78 Å². The number of hydrogen-bond acceptors (Lipinski definition) is 5. The zero-order chi connectivity index (χ0) is 18.1. The van der Waals surface area contributed by atoms with Crippen LogP contribution in [0.1, 0.15) is 42.1 Å². The van der Waals surface area contributed by atoms with Crippen LogP contribution in [-0.2, 0) is 0 Å². The summed E-state index contributed by atoms with van der Waals surface area (Å²) >= 11 is 0. The molecule has 1 aromatic carbocycles. The third-order valence-corrected chi connectivity index (χ3v) is 4.26. The summed E-state index contributed by atoms with van der Waals surface area (Å²) in [4.78, 5) is 20.5. The van der Waals surface area contributed by atoms with Crippen molar-refractivity contribution in [1.82, 2.24) is 9.97 Å². The molecule has 1 fully saturated rings. The van der Waals surface area contributed by atoms with Gasteiger partial charge in [-0.2, -0.15) is 0 Å². The predicted molar refractivity (Wildman–Crippen MR) is 92.2 cm³/mol. The molecule has 1 atom stereocenters. The molecule has 132 valence electrons. The number of aromatic nitrogens is 2. The molecule has 0 radical (unpaired) electrons. The van der Waals surface area contributed by atoms with E-state index in [1.54, 1.807) is 30.5 Å². The summed E-state index contributed by atoms with van der Waals surface area (Å²) < 4.78 is 24.6. The summed E-state index contributed by atoms with van der Waals surface area (Å²) in [6, 6.07) is 9.47. The quantitative estimate of drug-likeness (QED) is 0.606. The minimum absolute atomic E-state index is 0.0980. The number of carbonyl (C=O) groups is 1. The topological polar surface area (TPSA) is 65.2 Å². The molecule has 2 aromatic heterocycles. The summed E-state index contributed by atoms with van der Waals surface area (Å²) in [7, 11) is 0. The molecule has 0 bridgehead atoms. The largest absolute Gasteiger partial charge is 0.483 e. The number of halogens is 1. The highest BCUT2D eigenvalue weighted by atomic mass is 19.1. The van der Waals surface area contributed by atoms with Gasteiger partial charge in [-0.1, -0.05) is 6.07 Å². The van der Waals surface area contributed by atoms with Gasteiger partial charge in [0, 0.05) is 11.5 Å². The average molecular weight is 352 g/mol. The number of pyridine rings is 1. The van der Waals surface area contributed by atoms with Gasteiger partial charge in [0.25, 0.3) is 0 Å². The second-order valence-corrected chi connectivity index (χ2v) is 6.37. The molecular formula is C20H17FN2O3. The first kappa shape index (κ1) is 16.4. The number of benzene rings is 1. The number of nitrogens with zero attached hydrogens (tertiary/aromatic N) is 2. The molecule has 0 aliphatic heterocycles. The van der Waals surface area contributed by atoms with Crippen molar-refractivity contribution in [2.24, 2.45) is 5.92 Å². The lowest BCUT2D eigenvalue weighted by Gasteiger charge is -2.11. The van der Waals surface area contributed by atoms with Crippen LogP contribution in [0.4, 0.5) is 4.39 Å². The van der Waals surface area contributed by atoms with E-state index >= 15 is 0 Å². The van der Waals surface area contributed by atoms with E-state index in [4.69, 9.17) is 9.15 Å². The summed E-state index contributed by atoms with van der Waals surface area (Å²) in [6.07, 6.45) is 4.56. The van der Waals surface area contributed by atoms with E-state index < -0.39 is 0 Å². The van der Waals surface area contributed by atoms with Crippen molar-refractivity contribution in [2.45, 2.75) is 25.9 Å². The fourth-order valence-electron chi connectivity index (χ4n) is 2.64. The fourth-order valence-corrected chi connectivity index (χ4v) is 2.64. The molecule has 0 saturated heterocycles. The third kappa shape index (κ3) is 3.49. The smallest absolute Gasteiger partial charge is 0.226 e. The Bertz CT molecular complexity index is 932. The molecule has 2 heterocycles. The van der Waals surface area contributed by atoms with E-state index in [0.29, 0.717) is 28.6 Å². The van der Waals surface area contributed by atoms with Gasteiger partial charge in [0.1, 0.15) is 35.3 Å². The molecular weight excluding hydrogens is 335 g/mol. The zero-order valence-corrected chi connectivity index (χ0v) is 14.2. The van der Waals surface area contributed by atoms with E-state index in [-0.39, 0.29) is 23.6 Å². The number of Topliss-reactive ketones (excluding diaryl/α,β-unsaturated/α-hetero) is 1. The van der Waals surface area contributed by atoms with Gasteiger partial charge in [0.2, 0.25) is 5.89 Å². The lowest BCUT2D eigenvalue weighted by Crippen LogP contribution is -2.06. The summed E-state index contributed by atoms with van der Waals surface area (Å²) in [6.45, 7) is 1.83. The molecule has 5 nitrogen and oxygen atoms in total. The predicted octanol–water partition coefficient (Wildman–Crippen LogP) is 4.61. The van der Waals surface area contributed by atoms with Gasteiger partial charge < -0.3 is 9.15 Å². The molecule has 3 aromatic rings. The lowest BCUT2D eigenvalue weighted by atomic mass is 10.2. The van der Waals surface area contributed by atoms with Crippen LogP contribution in [0.15, 0.2) is 53.3 Å². The fraction of sp³-hybridized carbons (Fsp3) is 0.250. The lowest BCUT2D eigenvalue weighted by molar-refractivity contribution is 0.0962. The first-order chi connectivity index (χ1) is 12.6. The van der Waals surface area contributed by atoms with Crippen LogP contribution >= 0.6 is 0 Å². The van der Waals surface area contributed by atoms with E-state index in [9.17, 15) is 9.18 Å². The van der Waals surface area contributed by atoms with Gasteiger partial charge in [-0.05, 0) is 50.1 Å². The molecule has 4 rings (SSSR count). The van der Waals surface area contributed by atoms with Crippen LogP contribution in [0.2, 0.25) is 0 Å². The van der Waals surface area contributed by atoms with Crippen molar-refractivity contribution in [3.05, 3.63) is 66.1 Å². The Morgan fingerprint density at radius 3 is 2.85 bits per heavy atom. The van der Waals surface area contributed by atoms with E-state index in [2.05, 4.69) is 9.97 Å². The van der Waals surface area contributed by atoms with Crippen molar-refractivity contribution < 1.29 is 18.3 Å². The Hall–Kier alpha value is -3.02. The van der Waals surface area contributed by atoms with Crippen LogP contribution in [0.25, 0.3) is 11.5 Å². The molecule has 1 aliphatic rings. The second kappa shape index (κ2) is 6.71. The Balaban J connectivity index is 1.45. The number of ketones is 1. The molecule has 1 unspecified atom stereocenters. The highest BCUT2D eigenvalue weighted by molar-refractivity contribution is 5.97. The van der Waals surface area contributed by atoms with Gasteiger partial charge >= 0.3 is 0 Å². The van der Waals surface area contributed by atoms with Crippen molar-refractivity contribution in [3.8, 4) is 17.2 Å². The zero-order valence-electron chi connectivity index (χ0n) is 14.2. The van der Waals surface area contributed by atoms with Crippen LogP contribution in [0, 0.1) is 11.7 Å². The first-order valence-electron chi connectivity index (χ1n) is 8.48. The number of oxazole rings is 1. The monoisotopic (exact) mass is 352 g/mol. The van der Waals surface area contributed by atoms with Crippen molar-refractivity contribution in [3.63, 3.8) is 0 Å². The van der Waals surface area contributed by atoms with Crippen LogP contribution < -0.4 is 4.74 Å². The van der Waals surface area contributed by atoms with Gasteiger partial charge in [0.15, 0.2) is 5.78 Å².